The number of rotatable bonds is 12. The standard InChI is InChI=1S/C28H46F2N6O6/c1-17-14-19(4-7-21(17)26(38)32-9-12-40-13-11-36-23(37)16-41-28(36)39)34-24-25-33-15-22(35(25)10-8-31-24)18-2-5-20(6-3-18)42-27(29)30/h17-22,24-25,27,31,33-34H,2-16H2,1H3,(H,32,38). The van der Waals surface area contributed by atoms with Gasteiger partial charge in [0.25, 0.3) is 5.91 Å². The van der Waals surface area contributed by atoms with Crippen LogP contribution >= 0.6 is 0 Å². The second-order valence-corrected chi connectivity index (χ2v) is 12.3. The summed E-state index contributed by atoms with van der Waals surface area (Å²) in [5.74, 6) is 0.356. The molecule has 0 aromatic rings. The molecule has 3 heterocycles. The van der Waals surface area contributed by atoms with Crippen molar-refractivity contribution in [3.05, 3.63) is 0 Å². The lowest BCUT2D eigenvalue weighted by Gasteiger charge is -2.45. The lowest BCUT2D eigenvalue weighted by Crippen LogP contribution is -2.67. The molecule has 6 atom stereocenters. The Morgan fingerprint density at radius 1 is 1.12 bits per heavy atom. The van der Waals surface area contributed by atoms with E-state index < -0.39 is 12.7 Å². The van der Waals surface area contributed by atoms with Gasteiger partial charge in [0.2, 0.25) is 5.91 Å². The molecule has 6 unspecified atom stereocenters. The van der Waals surface area contributed by atoms with Crippen molar-refractivity contribution in [3.8, 4) is 0 Å². The Bertz CT molecular complexity index is 925. The van der Waals surface area contributed by atoms with Crippen LogP contribution < -0.4 is 21.3 Å². The van der Waals surface area contributed by atoms with Crippen LogP contribution in [0.2, 0.25) is 0 Å². The van der Waals surface area contributed by atoms with Gasteiger partial charge in [0, 0.05) is 44.2 Å². The van der Waals surface area contributed by atoms with Crippen molar-refractivity contribution in [1.82, 2.24) is 31.1 Å². The molecule has 0 radical (unpaired) electrons. The Morgan fingerprint density at radius 3 is 2.64 bits per heavy atom. The average molecular weight is 601 g/mol. The van der Waals surface area contributed by atoms with Gasteiger partial charge in [0.05, 0.1) is 38.2 Å². The van der Waals surface area contributed by atoms with Gasteiger partial charge in [-0.15, -0.1) is 0 Å². The minimum Gasteiger partial charge on any atom is -0.439 e. The highest BCUT2D eigenvalue weighted by Gasteiger charge is 2.45. The summed E-state index contributed by atoms with van der Waals surface area (Å²) in [5.41, 5.74) is 0. The Morgan fingerprint density at radius 2 is 1.93 bits per heavy atom. The first kappa shape index (κ1) is 31.5. The molecule has 0 aromatic heterocycles. The molecule has 42 heavy (non-hydrogen) atoms. The Kier molecular flexibility index (Phi) is 11.0. The van der Waals surface area contributed by atoms with Crippen LogP contribution in [0.15, 0.2) is 0 Å². The van der Waals surface area contributed by atoms with E-state index in [1.165, 1.54) is 0 Å². The normalized spacial score (nSPS) is 35.9. The number of halogens is 2. The summed E-state index contributed by atoms with van der Waals surface area (Å²) < 4.78 is 40.1. The lowest BCUT2D eigenvalue weighted by molar-refractivity contribution is -0.172. The highest BCUT2D eigenvalue weighted by molar-refractivity contribution is 5.97. The first-order valence-corrected chi connectivity index (χ1v) is 15.5. The summed E-state index contributed by atoms with van der Waals surface area (Å²) in [4.78, 5) is 39.4. The van der Waals surface area contributed by atoms with Crippen molar-refractivity contribution in [2.45, 2.75) is 89.0 Å². The summed E-state index contributed by atoms with van der Waals surface area (Å²) in [5, 5.41) is 14.2. The van der Waals surface area contributed by atoms with Crippen LogP contribution in [0.25, 0.3) is 0 Å². The summed E-state index contributed by atoms with van der Waals surface area (Å²) >= 11 is 0. The van der Waals surface area contributed by atoms with Crippen LogP contribution in [0, 0.1) is 17.8 Å². The zero-order chi connectivity index (χ0) is 29.6. The lowest BCUT2D eigenvalue weighted by atomic mass is 9.77. The molecule has 2 saturated carbocycles. The van der Waals surface area contributed by atoms with Gasteiger partial charge in [-0.2, -0.15) is 8.78 Å². The van der Waals surface area contributed by atoms with Crippen molar-refractivity contribution < 1.29 is 37.4 Å². The number of amides is 3. The number of nitrogens with one attached hydrogen (secondary N) is 4. The van der Waals surface area contributed by atoms with E-state index in [4.69, 9.17) is 9.47 Å². The molecular weight excluding hydrogens is 554 g/mol. The molecular formula is C28H46F2N6O6. The quantitative estimate of drug-likeness (QED) is 0.239. The first-order chi connectivity index (χ1) is 20.3. The Balaban J connectivity index is 0.994. The summed E-state index contributed by atoms with van der Waals surface area (Å²) in [6, 6.07) is 0.725. The number of ether oxygens (including phenoxy) is 3. The minimum atomic E-state index is -2.69. The van der Waals surface area contributed by atoms with E-state index in [2.05, 4.69) is 37.8 Å². The van der Waals surface area contributed by atoms with Gasteiger partial charge < -0.3 is 19.5 Å². The van der Waals surface area contributed by atoms with E-state index in [1.54, 1.807) is 0 Å². The maximum absolute atomic E-state index is 12.9. The maximum atomic E-state index is 12.9. The van der Waals surface area contributed by atoms with Gasteiger partial charge >= 0.3 is 12.7 Å². The van der Waals surface area contributed by atoms with E-state index in [1.807, 2.05) is 0 Å². The number of nitrogens with zero attached hydrogens (tertiary/aromatic N) is 2. The molecule has 14 heteroatoms. The summed E-state index contributed by atoms with van der Waals surface area (Å²) in [6.45, 7) is 3.02. The highest BCUT2D eigenvalue weighted by Crippen LogP contribution is 2.35. The van der Waals surface area contributed by atoms with Crippen LogP contribution in [0.5, 0.6) is 0 Å². The average Bonchev–Trinajstić information content (AvgIpc) is 3.54. The van der Waals surface area contributed by atoms with Gasteiger partial charge in [-0.05, 0) is 56.8 Å². The summed E-state index contributed by atoms with van der Waals surface area (Å²) in [7, 11) is 0. The molecule has 12 nitrogen and oxygen atoms in total. The van der Waals surface area contributed by atoms with Gasteiger partial charge in [0.1, 0.15) is 0 Å². The molecule has 3 amide bonds. The largest absolute Gasteiger partial charge is 0.439 e. The van der Waals surface area contributed by atoms with Crippen molar-refractivity contribution in [1.29, 1.82) is 0 Å². The third kappa shape index (κ3) is 7.75. The minimum absolute atomic E-state index is 0.0405. The predicted octanol–water partition coefficient (Wildman–Crippen LogP) is 0.820. The number of hydrogen-bond donors (Lipinski definition) is 4. The number of carbonyl (C=O) groups excluding carboxylic acids is 3. The van der Waals surface area contributed by atoms with E-state index in [9.17, 15) is 23.2 Å². The third-order valence-electron chi connectivity index (χ3n) is 9.69. The fraction of sp³-hybridized carbons (Fsp3) is 0.893. The van der Waals surface area contributed by atoms with Gasteiger partial charge in [0.15, 0.2) is 6.61 Å². The smallest absolute Gasteiger partial charge is 0.417 e. The molecule has 0 bridgehead atoms. The topological polar surface area (TPSA) is 134 Å². The van der Waals surface area contributed by atoms with E-state index in [0.29, 0.717) is 44.0 Å². The summed E-state index contributed by atoms with van der Waals surface area (Å²) in [6.07, 6.45) is 5.21. The van der Waals surface area contributed by atoms with Crippen LogP contribution in [-0.2, 0) is 23.8 Å². The van der Waals surface area contributed by atoms with Crippen LogP contribution in [0.3, 0.4) is 0 Å². The molecule has 0 aromatic carbocycles. The number of hydrogen-bond acceptors (Lipinski definition) is 10. The molecule has 238 valence electrons. The Labute approximate surface area is 245 Å². The van der Waals surface area contributed by atoms with Gasteiger partial charge in [-0.25, -0.2) is 9.69 Å². The number of fused-ring (bicyclic) bond motifs is 1. The molecule has 3 saturated heterocycles. The van der Waals surface area contributed by atoms with E-state index >= 15 is 0 Å². The zero-order valence-electron chi connectivity index (χ0n) is 24.4. The molecule has 5 rings (SSSR count). The monoisotopic (exact) mass is 600 g/mol. The zero-order valence-corrected chi connectivity index (χ0v) is 24.4. The van der Waals surface area contributed by atoms with Crippen molar-refractivity contribution in [3.63, 3.8) is 0 Å². The van der Waals surface area contributed by atoms with Crippen LogP contribution in [0.4, 0.5) is 13.6 Å². The van der Waals surface area contributed by atoms with Gasteiger partial charge in [-0.3, -0.25) is 30.4 Å². The number of alkyl halides is 2. The first-order valence-electron chi connectivity index (χ1n) is 15.5. The predicted molar refractivity (Wildman–Crippen MR) is 147 cm³/mol. The van der Waals surface area contributed by atoms with E-state index in [0.717, 1.165) is 56.6 Å². The van der Waals surface area contributed by atoms with Crippen LogP contribution in [0.1, 0.15) is 51.9 Å². The fourth-order valence-corrected chi connectivity index (χ4v) is 7.52. The van der Waals surface area contributed by atoms with Crippen molar-refractivity contribution in [2.75, 3.05) is 52.5 Å². The molecule has 3 aliphatic heterocycles. The maximum Gasteiger partial charge on any atom is 0.417 e. The Hall–Kier alpha value is -1.97. The highest BCUT2D eigenvalue weighted by atomic mass is 19.3. The van der Waals surface area contributed by atoms with Crippen molar-refractivity contribution in [2.24, 2.45) is 17.8 Å². The number of carbonyl (C=O) groups is 3. The van der Waals surface area contributed by atoms with E-state index in [-0.39, 0.29) is 61.8 Å². The number of cyclic esters (lactones) is 1. The second-order valence-electron chi connectivity index (χ2n) is 12.3. The molecule has 5 fully saturated rings. The molecule has 4 N–H and O–H groups in total. The molecule has 5 aliphatic rings. The fourth-order valence-electron chi connectivity index (χ4n) is 7.52. The number of piperazine rings is 1. The van der Waals surface area contributed by atoms with Gasteiger partial charge in [-0.1, -0.05) is 6.92 Å². The van der Waals surface area contributed by atoms with Crippen molar-refractivity contribution >= 4 is 17.9 Å². The molecule has 2 aliphatic carbocycles. The SMILES string of the molecule is CC1CC(NC2NCCN3C(C4CCC(OC(F)F)CC4)CNC23)CCC1C(=O)NCCOCCN1C(=O)COC1=O. The number of imide groups is 1. The third-order valence-corrected chi connectivity index (χ3v) is 9.69. The second kappa shape index (κ2) is 14.7. The molecule has 0 spiro atoms. The van der Waals surface area contributed by atoms with Crippen LogP contribution in [-0.4, -0.2) is 117 Å².